The van der Waals surface area contributed by atoms with Gasteiger partial charge in [0.2, 0.25) is 0 Å². The van der Waals surface area contributed by atoms with Crippen molar-refractivity contribution in [2.75, 3.05) is 13.1 Å². The minimum atomic E-state index is 0.715. The molecule has 3 heteroatoms. The Morgan fingerprint density at radius 2 is 2.28 bits per heavy atom. The molecule has 0 spiro atoms. The van der Waals surface area contributed by atoms with Gasteiger partial charge in [-0.1, -0.05) is 6.07 Å². The first-order valence-corrected chi connectivity index (χ1v) is 7.21. The van der Waals surface area contributed by atoms with E-state index in [0.29, 0.717) is 6.04 Å². The lowest BCUT2D eigenvalue weighted by molar-refractivity contribution is 0.235. The lowest BCUT2D eigenvalue weighted by Crippen LogP contribution is -2.38. The maximum atomic E-state index is 4.52. The summed E-state index contributed by atoms with van der Waals surface area (Å²) in [6.07, 6.45) is 7.35. The first-order chi connectivity index (χ1) is 8.83. The van der Waals surface area contributed by atoms with Crippen LogP contribution in [0.5, 0.6) is 0 Å². The summed E-state index contributed by atoms with van der Waals surface area (Å²) in [7, 11) is 0. The zero-order chi connectivity index (χ0) is 12.4. The van der Waals surface area contributed by atoms with E-state index < -0.39 is 0 Å². The predicted octanol–water partition coefficient (Wildman–Crippen LogP) is 2.11. The van der Waals surface area contributed by atoms with Gasteiger partial charge in [0.05, 0.1) is 5.69 Å². The smallest absolute Gasteiger partial charge is 0.0573 e. The van der Waals surface area contributed by atoms with Gasteiger partial charge in [-0.2, -0.15) is 0 Å². The van der Waals surface area contributed by atoms with Crippen LogP contribution in [-0.2, 0) is 6.54 Å². The van der Waals surface area contributed by atoms with Crippen LogP contribution < -0.4 is 5.32 Å². The van der Waals surface area contributed by atoms with Gasteiger partial charge in [-0.15, -0.1) is 0 Å². The molecule has 0 aromatic carbocycles. The summed E-state index contributed by atoms with van der Waals surface area (Å²) in [5, 5.41) is 3.67. The summed E-state index contributed by atoms with van der Waals surface area (Å²) in [5.74, 6) is 0. The monoisotopic (exact) mass is 245 g/mol. The van der Waals surface area contributed by atoms with E-state index >= 15 is 0 Å². The Morgan fingerprint density at radius 1 is 1.39 bits per heavy atom. The number of aromatic nitrogens is 1. The molecule has 98 valence electrons. The Balaban J connectivity index is 1.58. The number of hydrogen-bond acceptors (Lipinski definition) is 3. The molecule has 0 bridgehead atoms. The third kappa shape index (κ3) is 2.90. The highest BCUT2D eigenvalue weighted by molar-refractivity contribution is 5.17. The SMILES string of the molecule is Cc1cccnc1CN1CCCC1CNC1CC1. The molecular weight excluding hydrogens is 222 g/mol. The van der Waals surface area contributed by atoms with Crippen LogP contribution in [0.25, 0.3) is 0 Å². The van der Waals surface area contributed by atoms with Crippen LogP contribution in [-0.4, -0.2) is 35.1 Å². The van der Waals surface area contributed by atoms with E-state index in [1.54, 1.807) is 0 Å². The molecule has 2 heterocycles. The van der Waals surface area contributed by atoms with Crippen LogP contribution in [0, 0.1) is 6.92 Å². The average Bonchev–Trinajstić information content (AvgIpc) is 3.10. The largest absolute Gasteiger partial charge is 0.312 e. The van der Waals surface area contributed by atoms with E-state index in [2.05, 4.69) is 28.2 Å². The molecule has 2 aliphatic rings. The zero-order valence-corrected chi connectivity index (χ0v) is 11.2. The number of likely N-dealkylation sites (tertiary alicyclic amines) is 1. The Morgan fingerprint density at radius 3 is 3.06 bits per heavy atom. The van der Waals surface area contributed by atoms with Crippen molar-refractivity contribution in [2.45, 2.75) is 51.2 Å². The van der Waals surface area contributed by atoms with Crippen molar-refractivity contribution in [1.82, 2.24) is 15.2 Å². The summed E-state index contributed by atoms with van der Waals surface area (Å²) in [6, 6.07) is 5.72. The van der Waals surface area contributed by atoms with Crippen molar-refractivity contribution in [3.8, 4) is 0 Å². The lowest BCUT2D eigenvalue weighted by Gasteiger charge is -2.25. The van der Waals surface area contributed by atoms with Gasteiger partial charge >= 0.3 is 0 Å². The van der Waals surface area contributed by atoms with Gasteiger partial charge in [-0.05, 0) is 50.8 Å². The molecule has 3 nitrogen and oxygen atoms in total. The molecule has 1 saturated carbocycles. The minimum absolute atomic E-state index is 0.715. The molecule has 0 radical (unpaired) electrons. The fourth-order valence-electron chi connectivity index (χ4n) is 2.80. The molecule has 1 saturated heterocycles. The van der Waals surface area contributed by atoms with Crippen molar-refractivity contribution >= 4 is 0 Å². The number of nitrogens with zero attached hydrogens (tertiary/aromatic N) is 2. The number of hydrogen-bond donors (Lipinski definition) is 1. The summed E-state index contributed by atoms with van der Waals surface area (Å²) < 4.78 is 0. The number of pyridine rings is 1. The summed E-state index contributed by atoms with van der Waals surface area (Å²) in [5.41, 5.74) is 2.56. The average molecular weight is 245 g/mol. The van der Waals surface area contributed by atoms with Crippen molar-refractivity contribution in [2.24, 2.45) is 0 Å². The van der Waals surface area contributed by atoms with Crippen LogP contribution in [0.15, 0.2) is 18.3 Å². The number of nitrogens with one attached hydrogen (secondary N) is 1. The molecule has 1 aromatic heterocycles. The lowest BCUT2D eigenvalue weighted by atomic mass is 10.2. The first-order valence-electron chi connectivity index (χ1n) is 7.21. The van der Waals surface area contributed by atoms with Crippen molar-refractivity contribution in [3.63, 3.8) is 0 Å². The second kappa shape index (κ2) is 5.37. The second-order valence-corrected chi connectivity index (χ2v) is 5.72. The molecule has 1 atom stereocenters. The van der Waals surface area contributed by atoms with Gasteiger partial charge in [0.1, 0.15) is 0 Å². The van der Waals surface area contributed by atoms with E-state index in [-0.39, 0.29) is 0 Å². The predicted molar refractivity (Wildman–Crippen MR) is 73.4 cm³/mol. The zero-order valence-electron chi connectivity index (χ0n) is 11.2. The third-order valence-corrected chi connectivity index (χ3v) is 4.19. The Bertz CT molecular complexity index is 400. The molecule has 1 aliphatic heterocycles. The van der Waals surface area contributed by atoms with E-state index in [1.165, 1.54) is 43.5 Å². The fraction of sp³-hybridized carbons (Fsp3) is 0.667. The Hall–Kier alpha value is -0.930. The van der Waals surface area contributed by atoms with Gasteiger partial charge in [0.15, 0.2) is 0 Å². The molecule has 1 aromatic rings. The molecule has 1 unspecified atom stereocenters. The second-order valence-electron chi connectivity index (χ2n) is 5.72. The summed E-state index contributed by atoms with van der Waals surface area (Å²) >= 11 is 0. The van der Waals surface area contributed by atoms with Gasteiger partial charge in [0.25, 0.3) is 0 Å². The highest BCUT2D eigenvalue weighted by Crippen LogP contribution is 2.23. The number of aryl methyl sites for hydroxylation is 1. The van der Waals surface area contributed by atoms with Crippen LogP contribution in [0.4, 0.5) is 0 Å². The minimum Gasteiger partial charge on any atom is -0.312 e. The summed E-state index contributed by atoms with van der Waals surface area (Å²) in [4.78, 5) is 7.12. The van der Waals surface area contributed by atoms with E-state index in [9.17, 15) is 0 Å². The van der Waals surface area contributed by atoms with Crippen molar-refractivity contribution in [3.05, 3.63) is 29.6 Å². The molecule has 1 aliphatic carbocycles. The normalized spacial score (nSPS) is 24.6. The first kappa shape index (κ1) is 12.1. The van der Waals surface area contributed by atoms with Gasteiger partial charge < -0.3 is 5.32 Å². The van der Waals surface area contributed by atoms with E-state index in [4.69, 9.17) is 0 Å². The van der Waals surface area contributed by atoms with Crippen molar-refractivity contribution < 1.29 is 0 Å². The van der Waals surface area contributed by atoms with Crippen LogP contribution in [0.2, 0.25) is 0 Å². The fourth-order valence-corrected chi connectivity index (χ4v) is 2.80. The standard InChI is InChI=1S/C15H23N3/c1-12-4-2-8-16-15(12)11-18-9-3-5-14(18)10-17-13-6-7-13/h2,4,8,13-14,17H,3,5-7,9-11H2,1H3. The molecule has 3 rings (SSSR count). The Labute approximate surface area is 110 Å². The maximum Gasteiger partial charge on any atom is 0.0573 e. The third-order valence-electron chi connectivity index (χ3n) is 4.19. The van der Waals surface area contributed by atoms with E-state index in [1.807, 2.05) is 12.3 Å². The molecule has 2 fully saturated rings. The van der Waals surface area contributed by atoms with Gasteiger partial charge in [-0.3, -0.25) is 9.88 Å². The van der Waals surface area contributed by atoms with E-state index in [0.717, 1.165) is 19.1 Å². The summed E-state index contributed by atoms with van der Waals surface area (Å²) in [6.45, 7) is 5.57. The van der Waals surface area contributed by atoms with Crippen LogP contribution in [0.3, 0.4) is 0 Å². The quantitative estimate of drug-likeness (QED) is 0.861. The molecule has 0 amide bonds. The van der Waals surface area contributed by atoms with Gasteiger partial charge in [-0.25, -0.2) is 0 Å². The maximum absolute atomic E-state index is 4.52. The molecular formula is C15H23N3. The molecule has 18 heavy (non-hydrogen) atoms. The highest BCUT2D eigenvalue weighted by atomic mass is 15.2. The Kier molecular flexibility index (Phi) is 3.62. The van der Waals surface area contributed by atoms with Crippen molar-refractivity contribution in [1.29, 1.82) is 0 Å². The van der Waals surface area contributed by atoms with Crippen LogP contribution >= 0.6 is 0 Å². The molecule has 1 N–H and O–H groups in total. The van der Waals surface area contributed by atoms with Crippen LogP contribution in [0.1, 0.15) is 36.9 Å². The number of rotatable bonds is 5. The topological polar surface area (TPSA) is 28.2 Å². The van der Waals surface area contributed by atoms with Gasteiger partial charge in [0, 0.05) is 31.4 Å². The highest BCUT2D eigenvalue weighted by Gasteiger charge is 2.28.